The molecule has 2 rings (SSSR count). The second-order valence-electron chi connectivity index (χ2n) is 5.17. The SMILES string of the molecule is CCN(C(=O)C1CCC(C(=O)O)CC1)c1ccncc1. The van der Waals surface area contributed by atoms with Gasteiger partial charge in [-0.3, -0.25) is 14.6 Å². The number of hydrogen-bond acceptors (Lipinski definition) is 3. The highest BCUT2D eigenvalue weighted by molar-refractivity contribution is 5.95. The summed E-state index contributed by atoms with van der Waals surface area (Å²) in [5, 5.41) is 8.99. The molecule has 1 aromatic heterocycles. The van der Waals surface area contributed by atoms with Crippen molar-refractivity contribution in [1.82, 2.24) is 4.98 Å². The number of aromatic nitrogens is 1. The third kappa shape index (κ3) is 3.15. The van der Waals surface area contributed by atoms with Crippen molar-refractivity contribution in [3.8, 4) is 0 Å². The molecule has 20 heavy (non-hydrogen) atoms. The van der Waals surface area contributed by atoms with Gasteiger partial charge in [-0.1, -0.05) is 0 Å². The number of anilines is 1. The Morgan fingerprint density at radius 1 is 1.20 bits per heavy atom. The molecule has 108 valence electrons. The maximum atomic E-state index is 12.6. The Hall–Kier alpha value is -1.91. The lowest BCUT2D eigenvalue weighted by Gasteiger charge is -2.30. The second-order valence-corrected chi connectivity index (χ2v) is 5.17. The smallest absolute Gasteiger partial charge is 0.306 e. The number of carbonyl (C=O) groups excluding carboxylic acids is 1. The fourth-order valence-corrected chi connectivity index (χ4v) is 2.80. The Balaban J connectivity index is 2.02. The molecule has 1 saturated carbocycles. The topological polar surface area (TPSA) is 70.5 Å². The summed E-state index contributed by atoms with van der Waals surface area (Å²) in [7, 11) is 0. The molecule has 0 aromatic carbocycles. The zero-order chi connectivity index (χ0) is 14.5. The highest BCUT2D eigenvalue weighted by Gasteiger charge is 2.32. The quantitative estimate of drug-likeness (QED) is 0.916. The minimum atomic E-state index is -0.739. The molecule has 0 atom stereocenters. The van der Waals surface area contributed by atoms with Crippen LogP contribution in [0.3, 0.4) is 0 Å². The number of carboxylic acids is 1. The first-order valence-corrected chi connectivity index (χ1v) is 7.07. The highest BCUT2D eigenvalue weighted by Crippen LogP contribution is 2.31. The molecule has 0 saturated heterocycles. The fourth-order valence-electron chi connectivity index (χ4n) is 2.80. The van der Waals surface area contributed by atoms with Crippen molar-refractivity contribution in [1.29, 1.82) is 0 Å². The summed E-state index contributed by atoms with van der Waals surface area (Å²) in [4.78, 5) is 29.2. The molecule has 1 aliphatic carbocycles. The predicted molar refractivity (Wildman–Crippen MR) is 75.3 cm³/mol. The standard InChI is InChI=1S/C15H20N2O3/c1-2-17(13-7-9-16-10-8-13)14(18)11-3-5-12(6-4-11)15(19)20/h7-12H,2-6H2,1H3,(H,19,20). The average molecular weight is 276 g/mol. The van der Waals surface area contributed by atoms with Crippen LogP contribution in [0.2, 0.25) is 0 Å². The van der Waals surface area contributed by atoms with Crippen molar-refractivity contribution >= 4 is 17.6 Å². The molecular weight excluding hydrogens is 256 g/mol. The average Bonchev–Trinajstić information content (AvgIpc) is 2.49. The van der Waals surface area contributed by atoms with E-state index in [9.17, 15) is 9.59 Å². The van der Waals surface area contributed by atoms with Crippen molar-refractivity contribution in [2.45, 2.75) is 32.6 Å². The molecule has 5 nitrogen and oxygen atoms in total. The van der Waals surface area contributed by atoms with Crippen LogP contribution in [-0.4, -0.2) is 28.5 Å². The molecule has 0 aliphatic heterocycles. The van der Waals surface area contributed by atoms with Gasteiger partial charge in [0.25, 0.3) is 0 Å². The maximum Gasteiger partial charge on any atom is 0.306 e. The lowest BCUT2D eigenvalue weighted by Crippen LogP contribution is -2.38. The van der Waals surface area contributed by atoms with Crippen LogP contribution in [0, 0.1) is 11.8 Å². The number of carbonyl (C=O) groups is 2. The Bertz CT molecular complexity index is 467. The molecule has 1 amide bonds. The van der Waals surface area contributed by atoms with Gasteiger partial charge in [0.15, 0.2) is 0 Å². The van der Waals surface area contributed by atoms with E-state index in [0.717, 1.165) is 5.69 Å². The van der Waals surface area contributed by atoms with Crippen LogP contribution in [-0.2, 0) is 9.59 Å². The number of nitrogens with zero attached hydrogens (tertiary/aromatic N) is 2. The maximum absolute atomic E-state index is 12.6. The molecule has 0 radical (unpaired) electrons. The van der Waals surface area contributed by atoms with Crippen LogP contribution in [0.25, 0.3) is 0 Å². The Morgan fingerprint density at radius 3 is 2.25 bits per heavy atom. The third-order valence-electron chi connectivity index (χ3n) is 3.98. The summed E-state index contributed by atoms with van der Waals surface area (Å²) in [6, 6.07) is 3.65. The van der Waals surface area contributed by atoms with E-state index in [1.165, 1.54) is 0 Å². The number of rotatable bonds is 4. The zero-order valence-electron chi connectivity index (χ0n) is 11.7. The van der Waals surface area contributed by atoms with E-state index < -0.39 is 5.97 Å². The normalized spacial score (nSPS) is 22.2. The van der Waals surface area contributed by atoms with Gasteiger partial charge in [0, 0.05) is 30.5 Å². The van der Waals surface area contributed by atoms with Gasteiger partial charge in [-0.05, 0) is 44.7 Å². The summed E-state index contributed by atoms with van der Waals surface area (Å²) in [6.45, 7) is 2.56. The first-order valence-electron chi connectivity index (χ1n) is 7.07. The van der Waals surface area contributed by atoms with Crippen molar-refractivity contribution in [3.63, 3.8) is 0 Å². The lowest BCUT2D eigenvalue weighted by atomic mass is 9.81. The largest absolute Gasteiger partial charge is 0.481 e. The van der Waals surface area contributed by atoms with E-state index in [2.05, 4.69) is 4.98 Å². The number of aliphatic carboxylic acids is 1. The van der Waals surface area contributed by atoms with Gasteiger partial charge >= 0.3 is 5.97 Å². The van der Waals surface area contributed by atoms with Gasteiger partial charge in [-0.15, -0.1) is 0 Å². The van der Waals surface area contributed by atoms with Crippen molar-refractivity contribution < 1.29 is 14.7 Å². The first kappa shape index (κ1) is 14.5. The Morgan fingerprint density at radius 2 is 1.75 bits per heavy atom. The van der Waals surface area contributed by atoms with Crippen LogP contribution in [0.4, 0.5) is 5.69 Å². The number of carboxylic acid groups (broad SMARTS) is 1. The van der Waals surface area contributed by atoms with Crippen LogP contribution in [0.5, 0.6) is 0 Å². The van der Waals surface area contributed by atoms with Gasteiger partial charge in [0.2, 0.25) is 5.91 Å². The van der Waals surface area contributed by atoms with Crippen molar-refractivity contribution in [2.24, 2.45) is 11.8 Å². The highest BCUT2D eigenvalue weighted by atomic mass is 16.4. The van der Waals surface area contributed by atoms with Crippen LogP contribution in [0.1, 0.15) is 32.6 Å². The molecule has 1 heterocycles. The van der Waals surface area contributed by atoms with E-state index in [0.29, 0.717) is 32.2 Å². The van der Waals surface area contributed by atoms with E-state index >= 15 is 0 Å². The summed E-state index contributed by atoms with van der Waals surface area (Å²) < 4.78 is 0. The number of pyridine rings is 1. The monoisotopic (exact) mass is 276 g/mol. The van der Waals surface area contributed by atoms with Crippen LogP contribution < -0.4 is 4.90 Å². The molecule has 5 heteroatoms. The molecule has 1 aliphatic rings. The fraction of sp³-hybridized carbons (Fsp3) is 0.533. The molecule has 1 aromatic rings. The summed E-state index contributed by atoms with van der Waals surface area (Å²) in [6.07, 6.45) is 5.87. The van der Waals surface area contributed by atoms with E-state index in [1.54, 1.807) is 17.3 Å². The van der Waals surface area contributed by atoms with Gasteiger partial charge < -0.3 is 10.0 Å². The van der Waals surface area contributed by atoms with E-state index in [4.69, 9.17) is 5.11 Å². The minimum absolute atomic E-state index is 0.0567. The lowest BCUT2D eigenvalue weighted by molar-refractivity contribution is -0.144. The summed E-state index contributed by atoms with van der Waals surface area (Å²) in [5.74, 6) is -0.978. The predicted octanol–water partition coefficient (Wildman–Crippen LogP) is 2.33. The number of hydrogen-bond donors (Lipinski definition) is 1. The molecule has 0 bridgehead atoms. The third-order valence-corrected chi connectivity index (χ3v) is 3.98. The molecule has 1 fully saturated rings. The van der Waals surface area contributed by atoms with E-state index in [1.807, 2.05) is 19.1 Å². The van der Waals surface area contributed by atoms with Crippen LogP contribution in [0.15, 0.2) is 24.5 Å². The Labute approximate surface area is 118 Å². The second kappa shape index (κ2) is 6.50. The van der Waals surface area contributed by atoms with Crippen molar-refractivity contribution in [2.75, 3.05) is 11.4 Å². The van der Waals surface area contributed by atoms with Gasteiger partial charge in [0.1, 0.15) is 0 Å². The van der Waals surface area contributed by atoms with Crippen LogP contribution >= 0.6 is 0 Å². The molecular formula is C15H20N2O3. The van der Waals surface area contributed by atoms with E-state index in [-0.39, 0.29) is 17.7 Å². The van der Waals surface area contributed by atoms with Crippen molar-refractivity contribution in [3.05, 3.63) is 24.5 Å². The summed E-state index contributed by atoms with van der Waals surface area (Å²) in [5.41, 5.74) is 0.854. The number of amides is 1. The van der Waals surface area contributed by atoms with Gasteiger partial charge in [-0.25, -0.2) is 0 Å². The molecule has 0 spiro atoms. The minimum Gasteiger partial charge on any atom is -0.481 e. The zero-order valence-corrected chi connectivity index (χ0v) is 11.7. The molecule has 0 unspecified atom stereocenters. The van der Waals surface area contributed by atoms with Gasteiger partial charge in [0.05, 0.1) is 5.92 Å². The Kier molecular flexibility index (Phi) is 4.71. The summed E-state index contributed by atoms with van der Waals surface area (Å²) >= 11 is 0. The van der Waals surface area contributed by atoms with Gasteiger partial charge in [-0.2, -0.15) is 0 Å². The first-order chi connectivity index (χ1) is 9.63. The molecule has 1 N–H and O–H groups in total.